The van der Waals surface area contributed by atoms with Crippen LogP contribution in [0.25, 0.3) is 0 Å². The Morgan fingerprint density at radius 1 is 1.40 bits per heavy atom. The monoisotopic (exact) mass is 463 g/mol. The van der Waals surface area contributed by atoms with Crippen LogP contribution in [0.4, 0.5) is 0 Å². The van der Waals surface area contributed by atoms with Gasteiger partial charge in [0, 0.05) is 44.0 Å². The van der Waals surface area contributed by atoms with Gasteiger partial charge in [-0.25, -0.2) is 4.99 Å². The summed E-state index contributed by atoms with van der Waals surface area (Å²) in [6.07, 6.45) is 1.82. The number of carbonyl (C=O) groups excluding carboxylic acids is 1. The van der Waals surface area contributed by atoms with Gasteiger partial charge in [-0.1, -0.05) is 0 Å². The summed E-state index contributed by atoms with van der Waals surface area (Å²) in [7, 11) is 0. The Labute approximate surface area is 166 Å². The predicted octanol–water partition coefficient (Wildman–Crippen LogP) is 0.683. The van der Waals surface area contributed by atoms with E-state index in [1.807, 2.05) is 27.0 Å². The lowest BCUT2D eigenvalue weighted by molar-refractivity contribution is -0.129. The summed E-state index contributed by atoms with van der Waals surface area (Å²) in [6, 6.07) is 0. The van der Waals surface area contributed by atoms with Crippen molar-refractivity contribution >= 4 is 35.8 Å². The average Bonchev–Trinajstić information content (AvgIpc) is 2.96. The highest BCUT2D eigenvalue weighted by atomic mass is 127. The summed E-state index contributed by atoms with van der Waals surface area (Å²) in [5, 5.41) is 10.3. The topological polar surface area (TPSA) is 103 Å². The van der Waals surface area contributed by atoms with Crippen molar-refractivity contribution in [2.24, 2.45) is 10.7 Å². The van der Waals surface area contributed by atoms with Crippen LogP contribution in [-0.4, -0.2) is 70.1 Å². The Bertz CT molecular complexity index is 591. The number of aliphatic imine (C=N–C) groups is 1. The van der Waals surface area contributed by atoms with Crippen molar-refractivity contribution in [3.05, 3.63) is 17.5 Å². The predicted molar refractivity (Wildman–Crippen MR) is 110 cm³/mol. The molecule has 0 aromatic carbocycles. The first-order chi connectivity index (χ1) is 11.4. The van der Waals surface area contributed by atoms with Gasteiger partial charge < -0.3 is 16.0 Å². The van der Waals surface area contributed by atoms with E-state index in [0.717, 1.165) is 49.9 Å². The zero-order chi connectivity index (χ0) is 17.7. The molecule has 1 aliphatic rings. The molecular formula is C16H30IN7O. The number of nitrogens with zero attached hydrogens (tertiary/aromatic N) is 4. The fraction of sp³-hybridized carbons (Fsp3) is 0.688. The molecule has 142 valence electrons. The van der Waals surface area contributed by atoms with Crippen molar-refractivity contribution < 1.29 is 4.79 Å². The molecular weight excluding hydrogens is 433 g/mol. The van der Waals surface area contributed by atoms with E-state index < -0.39 is 5.54 Å². The van der Waals surface area contributed by atoms with E-state index >= 15 is 0 Å². The van der Waals surface area contributed by atoms with Gasteiger partial charge in [0.1, 0.15) is 0 Å². The quantitative estimate of drug-likeness (QED) is 0.339. The van der Waals surface area contributed by atoms with Gasteiger partial charge in [-0.2, -0.15) is 5.10 Å². The lowest BCUT2D eigenvalue weighted by Gasteiger charge is -2.43. The standard InChI is InChI=1S/C16H29N7O.HI/c1-5-18-15(19-10-13-11-20-21-12(13)2)22-6-8-23(9-7-22)16(3,4)14(17)24;/h11H,5-10H2,1-4H3,(H2,17,24)(H,18,19)(H,20,21);1H. The molecule has 8 nitrogen and oxygen atoms in total. The molecule has 0 atom stereocenters. The highest BCUT2D eigenvalue weighted by molar-refractivity contribution is 14.0. The Morgan fingerprint density at radius 3 is 2.52 bits per heavy atom. The summed E-state index contributed by atoms with van der Waals surface area (Å²) >= 11 is 0. The Balaban J connectivity index is 0.00000312. The first-order valence-corrected chi connectivity index (χ1v) is 8.43. The molecule has 0 unspecified atom stereocenters. The fourth-order valence-corrected chi connectivity index (χ4v) is 2.75. The number of halogens is 1. The summed E-state index contributed by atoms with van der Waals surface area (Å²) < 4.78 is 0. The lowest BCUT2D eigenvalue weighted by atomic mass is 10.0. The Hall–Kier alpha value is -1.36. The second-order valence-corrected chi connectivity index (χ2v) is 6.59. The first kappa shape index (κ1) is 21.7. The second kappa shape index (κ2) is 9.37. The van der Waals surface area contributed by atoms with Crippen LogP contribution < -0.4 is 11.1 Å². The van der Waals surface area contributed by atoms with E-state index in [-0.39, 0.29) is 29.9 Å². The number of hydrogen-bond donors (Lipinski definition) is 3. The van der Waals surface area contributed by atoms with Crippen molar-refractivity contribution in [2.45, 2.75) is 39.8 Å². The van der Waals surface area contributed by atoms with Crippen LogP contribution in [0, 0.1) is 6.92 Å². The largest absolute Gasteiger partial charge is 0.368 e. The van der Waals surface area contributed by atoms with Crippen LogP contribution in [0.15, 0.2) is 11.2 Å². The molecule has 2 heterocycles. The molecule has 1 aromatic rings. The van der Waals surface area contributed by atoms with Crippen LogP contribution in [0.2, 0.25) is 0 Å². The number of aromatic amines is 1. The van der Waals surface area contributed by atoms with Crippen LogP contribution in [0.3, 0.4) is 0 Å². The van der Waals surface area contributed by atoms with Crippen molar-refractivity contribution in [1.29, 1.82) is 0 Å². The second-order valence-electron chi connectivity index (χ2n) is 6.59. The van der Waals surface area contributed by atoms with Gasteiger partial charge >= 0.3 is 0 Å². The highest BCUT2D eigenvalue weighted by Gasteiger charge is 2.35. The Morgan fingerprint density at radius 2 is 2.04 bits per heavy atom. The molecule has 1 saturated heterocycles. The summed E-state index contributed by atoms with van der Waals surface area (Å²) in [5.74, 6) is 0.613. The zero-order valence-corrected chi connectivity index (χ0v) is 17.8. The SMILES string of the molecule is CCNC(=NCc1cn[nH]c1C)N1CCN(C(C)(C)C(N)=O)CC1.I. The maximum absolute atomic E-state index is 11.6. The number of piperazine rings is 1. The number of nitrogens with two attached hydrogens (primary N) is 1. The van der Waals surface area contributed by atoms with Crippen molar-refractivity contribution in [3.8, 4) is 0 Å². The molecule has 0 aliphatic carbocycles. The summed E-state index contributed by atoms with van der Waals surface area (Å²) in [6.45, 7) is 12.4. The number of amides is 1. The Kier molecular flexibility index (Phi) is 8.13. The number of aryl methyl sites for hydroxylation is 1. The molecule has 1 aromatic heterocycles. The molecule has 0 saturated carbocycles. The number of primary amides is 1. The summed E-state index contributed by atoms with van der Waals surface area (Å²) in [4.78, 5) is 20.7. The molecule has 0 spiro atoms. The van der Waals surface area contributed by atoms with E-state index in [0.29, 0.717) is 6.54 Å². The van der Waals surface area contributed by atoms with Gasteiger partial charge in [0.05, 0.1) is 18.3 Å². The molecule has 0 radical (unpaired) electrons. The number of aromatic nitrogens is 2. The van der Waals surface area contributed by atoms with Gasteiger partial charge in [-0.3, -0.25) is 14.8 Å². The van der Waals surface area contributed by atoms with Crippen LogP contribution in [0.5, 0.6) is 0 Å². The van der Waals surface area contributed by atoms with Gasteiger partial charge in [-0.05, 0) is 27.7 Å². The number of H-pyrrole nitrogens is 1. The highest BCUT2D eigenvalue weighted by Crippen LogP contribution is 2.16. The summed E-state index contributed by atoms with van der Waals surface area (Å²) in [5.41, 5.74) is 7.04. The van der Waals surface area contributed by atoms with Crippen molar-refractivity contribution in [1.82, 2.24) is 25.3 Å². The molecule has 25 heavy (non-hydrogen) atoms. The maximum atomic E-state index is 11.6. The van der Waals surface area contributed by atoms with E-state index in [1.165, 1.54) is 0 Å². The third kappa shape index (κ3) is 5.30. The van der Waals surface area contributed by atoms with Gasteiger partial charge in [0.25, 0.3) is 0 Å². The minimum absolute atomic E-state index is 0. The van der Waals surface area contributed by atoms with Crippen molar-refractivity contribution in [3.63, 3.8) is 0 Å². The molecule has 2 rings (SSSR count). The minimum atomic E-state index is -0.616. The van der Waals surface area contributed by atoms with E-state index in [4.69, 9.17) is 10.7 Å². The van der Waals surface area contributed by atoms with Gasteiger partial charge in [0.2, 0.25) is 5.91 Å². The molecule has 4 N–H and O–H groups in total. The third-order valence-corrected chi connectivity index (χ3v) is 4.64. The van der Waals surface area contributed by atoms with E-state index in [9.17, 15) is 4.79 Å². The number of rotatable bonds is 5. The smallest absolute Gasteiger partial charge is 0.237 e. The van der Waals surface area contributed by atoms with Crippen LogP contribution in [-0.2, 0) is 11.3 Å². The third-order valence-electron chi connectivity index (χ3n) is 4.64. The maximum Gasteiger partial charge on any atom is 0.237 e. The molecule has 1 aliphatic heterocycles. The number of carbonyl (C=O) groups is 1. The zero-order valence-electron chi connectivity index (χ0n) is 15.5. The average molecular weight is 463 g/mol. The van der Waals surface area contributed by atoms with E-state index in [1.54, 1.807) is 0 Å². The number of guanidine groups is 1. The molecule has 0 bridgehead atoms. The van der Waals surface area contributed by atoms with Crippen molar-refractivity contribution in [2.75, 3.05) is 32.7 Å². The van der Waals surface area contributed by atoms with Gasteiger partial charge in [0.15, 0.2) is 5.96 Å². The lowest BCUT2D eigenvalue weighted by Crippen LogP contribution is -2.61. The molecule has 1 amide bonds. The molecule has 9 heteroatoms. The van der Waals surface area contributed by atoms with Gasteiger partial charge in [-0.15, -0.1) is 24.0 Å². The normalized spacial score (nSPS) is 16.5. The van der Waals surface area contributed by atoms with E-state index in [2.05, 4.69) is 32.2 Å². The first-order valence-electron chi connectivity index (χ1n) is 8.43. The fourth-order valence-electron chi connectivity index (χ4n) is 2.75. The van der Waals surface area contributed by atoms with Crippen LogP contribution >= 0.6 is 24.0 Å². The number of hydrogen-bond acceptors (Lipinski definition) is 4. The van der Waals surface area contributed by atoms with Crippen LogP contribution in [0.1, 0.15) is 32.0 Å². The minimum Gasteiger partial charge on any atom is -0.368 e. The number of nitrogens with one attached hydrogen (secondary N) is 2. The molecule has 1 fully saturated rings.